The van der Waals surface area contributed by atoms with Gasteiger partial charge in [-0.3, -0.25) is 4.98 Å². The van der Waals surface area contributed by atoms with E-state index < -0.39 is 11.7 Å². The summed E-state index contributed by atoms with van der Waals surface area (Å²) in [6.07, 6.45) is 1.68. The number of rotatable bonds is 5. The number of amides is 1. The van der Waals surface area contributed by atoms with Crippen LogP contribution in [0.4, 0.5) is 9.18 Å². The molecule has 0 spiro atoms. The number of nitrogens with one attached hydrogen (secondary N) is 1. The van der Waals surface area contributed by atoms with E-state index in [4.69, 9.17) is 4.74 Å². The van der Waals surface area contributed by atoms with Gasteiger partial charge in [0.25, 0.3) is 0 Å². The molecule has 1 aromatic carbocycles. The Bertz CT molecular complexity index is 977. The highest BCUT2D eigenvalue weighted by atomic mass is 19.1. The molecule has 2 aromatic heterocycles. The van der Waals surface area contributed by atoms with Crippen molar-refractivity contribution < 1.29 is 13.9 Å². The summed E-state index contributed by atoms with van der Waals surface area (Å²) >= 11 is 0. The number of fused-ring (bicyclic) bond motifs is 1. The van der Waals surface area contributed by atoms with Gasteiger partial charge in [0.15, 0.2) is 0 Å². The molecule has 0 atom stereocenters. The summed E-state index contributed by atoms with van der Waals surface area (Å²) in [5.74, 6) is 0.440. The number of aryl methyl sites for hydroxylation is 1. The van der Waals surface area contributed by atoms with Crippen molar-refractivity contribution in [3.63, 3.8) is 0 Å². The van der Waals surface area contributed by atoms with E-state index in [1.807, 2.05) is 38.3 Å². The third-order valence-corrected chi connectivity index (χ3v) is 4.19. The zero-order valence-electron chi connectivity index (χ0n) is 16.6. The normalized spacial score (nSPS) is 11.6. The van der Waals surface area contributed by atoms with Gasteiger partial charge >= 0.3 is 6.09 Å². The number of hydrogen-bond acceptors (Lipinski definition) is 4. The van der Waals surface area contributed by atoms with E-state index in [-0.39, 0.29) is 5.82 Å². The van der Waals surface area contributed by atoms with Crippen LogP contribution in [-0.4, -0.2) is 32.8 Å². The molecule has 6 nitrogen and oxygen atoms in total. The van der Waals surface area contributed by atoms with Crippen molar-refractivity contribution >= 4 is 17.1 Å². The molecule has 3 aromatic rings. The third-order valence-electron chi connectivity index (χ3n) is 4.19. The molecule has 28 heavy (non-hydrogen) atoms. The molecule has 0 radical (unpaired) electrons. The first-order valence-corrected chi connectivity index (χ1v) is 9.36. The Morgan fingerprint density at radius 3 is 2.68 bits per heavy atom. The lowest BCUT2D eigenvalue weighted by molar-refractivity contribution is 0.0528. The molecule has 3 rings (SSSR count). The summed E-state index contributed by atoms with van der Waals surface area (Å²) in [7, 11) is 0. The molecule has 148 valence electrons. The maximum atomic E-state index is 14.7. The largest absolute Gasteiger partial charge is 0.444 e. The van der Waals surface area contributed by atoms with Gasteiger partial charge in [-0.1, -0.05) is 6.07 Å². The second-order valence-electron chi connectivity index (χ2n) is 7.46. The molecule has 0 unspecified atom stereocenters. The second-order valence-corrected chi connectivity index (χ2v) is 7.46. The average Bonchev–Trinajstić information content (AvgIpc) is 2.98. The van der Waals surface area contributed by atoms with Gasteiger partial charge in [0.2, 0.25) is 0 Å². The van der Waals surface area contributed by atoms with Crippen LogP contribution in [0.2, 0.25) is 0 Å². The van der Waals surface area contributed by atoms with E-state index in [2.05, 4.69) is 15.3 Å². The van der Waals surface area contributed by atoms with Crippen molar-refractivity contribution in [1.82, 2.24) is 19.9 Å². The van der Waals surface area contributed by atoms with Crippen molar-refractivity contribution in [3.05, 3.63) is 48.2 Å². The number of hydrogen-bond donors (Lipinski definition) is 1. The molecular formula is C21H25FN4O2. The van der Waals surface area contributed by atoms with Gasteiger partial charge in [-0.2, -0.15) is 0 Å². The lowest BCUT2D eigenvalue weighted by atomic mass is 10.1. The van der Waals surface area contributed by atoms with Crippen molar-refractivity contribution in [3.8, 4) is 11.3 Å². The quantitative estimate of drug-likeness (QED) is 0.711. The van der Waals surface area contributed by atoms with Crippen LogP contribution in [0, 0.1) is 5.82 Å². The van der Waals surface area contributed by atoms with Crippen molar-refractivity contribution in [2.45, 2.75) is 46.3 Å². The standard InChI is InChI=1S/C21H25FN4O2/c1-5-26-17(11-13-24-20(27)28-21(2,3)4)25-16-10-9-14(22)18(19(16)26)15-8-6-7-12-23-15/h6-10,12H,5,11,13H2,1-4H3,(H,24,27). The summed E-state index contributed by atoms with van der Waals surface area (Å²) in [4.78, 5) is 20.8. The maximum Gasteiger partial charge on any atom is 0.407 e. The van der Waals surface area contributed by atoms with Crippen LogP contribution in [0.3, 0.4) is 0 Å². The van der Waals surface area contributed by atoms with Gasteiger partial charge in [0, 0.05) is 25.7 Å². The van der Waals surface area contributed by atoms with Gasteiger partial charge in [0.05, 0.1) is 22.3 Å². The highest BCUT2D eigenvalue weighted by Crippen LogP contribution is 2.31. The number of pyridine rings is 1. The molecule has 0 fully saturated rings. The highest BCUT2D eigenvalue weighted by Gasteiger charge is 2.19. The Labute approximate surface area is 163 Å². The molecule has 0 saturated heterocycles. The summed E-state index contributed by atoms with van der Waals surface area (Å²) < 4.78 is 21.9. The summed E-state index contributed by atoms with van der Waals surface area (Å²) in [5, 5.41) is 2.74. The van der Waals surface area contributed by atoms with Gasteiger partial charge in [-0.15, -0.1) is 0 Å². The average molecular weight is 384 g/mol. The number of ether oxygens (including phenoxy) is 1. The Balaban J connectivity index is 1.90. The molecule has 0 saturated carbocycles. The van der Waals surface area contributed by atoms with Gasteiger partial charge < -0.3 is 14.6 Å². The minimum Gasteiger partial charge on any atom is -0.444 e. The summed E-state index contributed by atoms with van der Waals surface area (Å²) in [6.45, 7) is 8.44. The number of nitrogens with zero attached hydrogens (tertiary/aromatic N) is 3. The minimum atomic E-state index is -0.546. The number of imidazole rings is 1. The van der Waals surface area contributed by atoms with Crippen LogP contribution in [-0.2, 0) is 17.7 Å². The van der Waals surface area contributed by atoms with Gasteiger partial charge in [-0.25, -0.2) is 14.2 Å². The third kappa shape index (κ3) is 4.30. The predicted octanol–water partition coefficient (Wildman–Crippen LogP) is 4.32. The first-order valence-electron chi connectivity index (χ1n) is 9.36. The van der Waals surface area contributed by atoms with Crippen LogP contribution >= 0.6 is 0 Å². The molecule has 2 heterocycles. The number of carbonyl (C=O) groups is 1. The molecule has 0 bridgehead atoms. The summed E-state index contributed by atoms with van der Waals surface area (Å²) in [5.41, 5.74) is 1.89. The smallest absolute Gasteiger partial charge is 0.407 e. The SMILES string of the molecule is CCn1c(CCNC(=O)OC(C)(C)C)nc2ccc(F)c(-c3ccccn3)c21. The fourth-order valence-corrected chi connectivity index (χ4v) is 3.12. The van der Waals surface area contributed by atoms with E-state index in [0.29, 0.717) is 41.8 Å². The highest BCUT2D eigenvalue weighted by molar-refractivity contribution is 5.92. The lowest BCUT2D eigenvalue weighted by Crippen LogP contribution is -2.33. The fourth-order valence-electron chi connectivity index (χ4n) is 3.12. The van der Waals surface area contributed by atoms with Crippen LogP contribution in [0.1, 0.15) is 33.5 Å². The van der Waals surface area contributed by atoms with Crippen LogP contribution in [0.5, 0.6) is 0 Å². The molecule has 0 aliphatic carbocycles. The van der Waals surface area contributed by atoms with Crippen LogP contribution in [0.25, 0.3) is 22.3 Å². The minimum absolute atomic E-state index is 0.334. The van der Waals surface area contributed by atoms with Crippen LogP contribution < -0.4 is 5.32 Å². The van der Waals surface area contributed by atoms with E-state index in [9.17, 15) is 9.18 Å². The van der Waals surface area contributed by atoms with Crippen molar-refractivity contribution in [1.29, 1.82) is 0 Å². The van der Waals surface area contributed by atoms with Gasteiger partial charge in [0.1, 0.15) is 17.2 Å². The van der Waals surface area contributed by atoms with E-state index in [0.717, 1.165) is 5.82 Å². The number of halogens is 1. The first-order chi connectivity index (χ1) is 13.3. The van der Waals surface area contributed by atoms with Crippen LogP contribution in [0.15, 0.2) is 36.5 Å². The van der Waals surface area contributed by atoms with Crippen molar-refractivity contribution in [2.75, 3.05) is 6.54 Å². The zero-order chi connectivity index (χ0) is 20.3. The van der Waals surface area contributed by atoms with E-state index in [1.165, 1.54) is 6.07 Å². The Hall–Kier alpha value is -2.96. The number of aromatic nitrogens is 3. The Morgan fingerprint density at radius 1 is 1.25 bits per heavy atom. The fraction of sp³-hybridized carbons (Fsp3) is 0.381. The lowest BCUT2D eigenvalue weighted by Gasteiger charge is -2.19. The van der Waals surface area contributed by atoms with E-state index in [1.54, 1.807) is 24.4 Å². The topological polar surface area (TPSA) is 69.0 Å². The molecule has 0 aliphatic rings. The van der Waals surface area contributed by atoms with Crippen molar-refractivity contribution in [2.24, 2.45) is 0 Å². The number of carbonyl (C=O) groups excluding carboxylic acids is 1. The zero-order valence-corrected chi connectivity index (χ0v) is 16.6. The maximum absolute atomic E-state index is 14.7. The Morgan fingerprint density at radius 2 is 2.04 bits per heavy atom. The van der Waals surface area contributed by atoms with E-state index >= 15 is 0 Å². The number of benzene rings is 1. The molecule has 1 amide bonds. The first kappa shape index (κ1) is 19.8. The molecule has 1 N–H and O–H groups in total. The predicted molar refractivity (Wildman–Crippen MR) is 107 cm³/mol. The molecule has 0 aliphatic heterocycles. The molecular weight excluding hydrogens is 359 g/mol. The second kappa shape index (κ2) is 7.96. The summed E-state index contributed by atoms with van der Waals surface area (Å²) in [6, 6.07) is 8.51. The Kier molecular flexibility index (Phi) is 5.63. The van der Waals surface area contributed by atoms with Gasteiger partial charge in [-0.05, 0) is 52.0 Å². The number of alkyl carbamates (subject to hydrolysis) is 1. The molecule has 7 heteroatoms. The monoisotopic (exact) mass is 384 g/mol.